The normalized spacial score (nSPS) is 14.7. The number of hydrogen-bond acceptors (Lipinski definition) is 6. The van der Waals surface area contributed by atoms with Crippen molar-refractivity contribution < 1.29 is 18.8 Å². The third-order valence-corrected chi connectivity index (χ3v) is 3.40. The molecule has 1 aliphatic rings. The van der Waals surface area contributed by atoms with Crippen LogP contribution in [0.25, 0.3) is 0 Å². The maximum Gasteiger partial charge on any atom is 0.247 e. The molecule has 3 rings (SSSR count). The zero-order chi connectivity index (χ0) is 16.2. The van der Waals surface area contributed by atoms with Gasteiger partial charge in [0.05, 0.1) is 13.2 Å². The fraction of sp³-hybridized carbons (Fsp3) is 0.375. The third kappa shape index (κ3) is 3.74. The maximum atomic E-state index is 12.2. The monoisotopic (exact) mass is 317 g/mol. The highest BCUT2D eigenvalue weighted by molar-refractivity contribution is 5.95. The summed E-state index contributed by atoms with van der Waals surface area (Å²) in [6.45, 7) is 4.81. The van der Waals surface area contributed by atoms with Gasteiger partial charge in [0.1, 0.15) is 11.8 Å². The smallest absolute Gasteiger partial charge is 0.247 e. The zero-order valence-electron chi connectivity index (χ0n) is 13.1. The van der Waals surface area contributed by atoms with Crippen molar-refractivity contribution in [3.8, 4) is 11.5 Å². The molecule has 2 aromatic rings. The number of amides is 1. The topological polar surface area (TPSA) is 85.6 Å². The first-order chi connectivity index (χ1) is 11.1. The number of nitrogens with one attached hydrogen (secondary N) is 2. The highest BCUT2D eigenvalue weighted by Gasteiger charge is 2.16. The maximum absolute atomic E-state index is 12.2. The van der Waals surface area contributed by atoms with Gasteiger partial charge in [0, 0.05) is 24.2 Å². The van der Waals surface area contributed by atoms with Crippen LogP contribution in [0.15, 0.2) is 28.8 Å². The second-order valence-corrected chi connectivity index (χ2v) is 5.39. The molecule has 1 atom stereocenters. The Hall–Kier alpha value is -2.70. The SMILES string of the molecule is Cc1cc(NC(=O)C(C)Nc2ccc3c(c2)OCCCO3)no1. The lowest BCUT2D eigenvalue weighted by Gasteiger charge is -2.16. The number of carbonyl (C=O) groups excluding carboxylic acids is 1. The first-order valence-electron chi connectivity index (χ1n) is 7.52. The van der Waals surface area contributed by atoms with Gasteiger partial charge in [-0.05, 0) is 26.0 Å². The van der Waals surface area contributed by atoms with Gasteiger partial charge in [0.25, 0.3) is 0 Å². The Morgan fingerprint density at radius 2 is 2.00 bits per heavy atom. The van der Waals surface area contributed by atoms with Gasteiger partial charge >= 0.3 is 0 Å². The predicted octanol–water partition coefficient (Wildman–Crippen LogP) is 2.58. The molecule has 0 bridgehead atoms. The number of aromatic nitrogens is 1. The number of rotatable bonds is 4. The van der Waals surface area contributed by atoms with Crippen molar-refractivity contribution in [3.63, 3.8) is 0 Å². The van der Waals surface area contributed by atoms with Gasteiger partial charge in [-0.2, -0.15) is 0 Å². The van der Waals surface area contributed by atoms with Crippen molar-refractivity contribution in [2.24, 2.45) is 0 Å². The second kappa shape index (κ2) is 6.60. The molecule has 23 heavy (non-hydrogen) atoms. The van der Waals surface area contributed by atoms with Crippen LogP contribution in [0.4, 0.5) is 11.5 Å². The van der Waals surface area contributed by atoms with E-state index in [0.29, 0.717) is 30.5 Å². The first kappa shape index (κ1) is 15.2. The van der Waals surface area contributed by atoms with Crippen molar-refractivity contribution in [2.45, 2.75) is 26.3 Å². The molecule has 7 nitrogen and oxygen atoms in total. The highest BCUT2D eigenvalue weighted by atomic mass is 16.5. The van der Waals surface area contributed by atoms with E-state index >= 15 is 0 Å². The van der Waals surface area contributed by atoms with Crippen LogP contribution in [-0.2, 0) is 4.79 Å². The molecule has 0 aliphatic carbocycles. The molecule has 0 saturated carbocycles. The summed E-state index contributed by atoms with van der Waals surface area (Å²) in [7, 11) is 0. The van der Waals surface area contributed by atoms with Crippen molar-refractivity contribution in [2.75, 3.05) is 23.8 Å². The molecular weight excluding hydrogens is 298 g/mol. The lowest BCUT2D eigenvalue weighted by atomic mass is 10.2. The van der Waals surface area contributed by atoms with Crippen molar-refractivity contribution >= 4 is 17.4 Å². The van der Waals surface area contributed by atoms with Gasteiger partial charge in [-0.25, -0.2) is 0 Å². The summed E-state index contributed by atoms with van der Waals surface area (Å²) in [6.07, 6.45) is 0.855. The molecule has 0 saturated heterocycles. The Morgan fingerprint density at radius 3 is 2.74 bits per heavy atom. The van der Waals surface area contributed by atoms with E-state index in [9.17, 15) is 4.79 Å². The van der Waals surface area contributed by atoms with Crippen molar-refractivity contribution in [1.29, 1.82) is 0 Å². The van der Waals surface area contributed by atoms with Crippen molar-refractivity contribution in [1.82, 2.24) is 5.16 Å². The van der Waals surface area contributed by atoms with Gasteiger partial charge in [0.15, 0.2) is 17.3 Å². The van der Waals surface area contributed by atoms with E-state index in [4.69, 9.17) is 14.0 Å². The number of ether oxygens (including phenoxy) is 2. The standard InChI is InChI=1S/C16H19N3O4/c1-10-8-15(19-23-10)18-16(20)11(2)17-12-4-5-13-14(9-12)22-7-3-6-21-13/h4-5,8-9,11,17H,3,6-7H2,1-2H3,(H,18,19,20). The minimum Gasteiger partial charge on any atom is -0.490 e. The zero-order valence-corrected chi connectivity index (χ0v) is 13.1. The van der Waals surface area contributed by atoms with E-state index < -0.39 is 6.04 Å². The summed E-state index contributed by atoms with van der Waals surface area (Å²) in [5.74, 6) is 2.25. The molecule has 0 radical (unpaired) electrons. The van der Waals surface area contributed by atoms with Crippen LogP contribution in [0, 0.1) is 6.92 Å². The molecule has 1 aromatic heterocycles. The number of fused-ring (bicyclic) bond motifs is 1. The summed E-state index contributed by atoms with van der Waals surface area (Å²) in [4.78, 5) is 12.2. The molecule has 2 heterocycles. The minimum absolute atomic E-state index is 0.203. The number of carbonyl (C=O) groups is 1. The largest absolute Gasteiger partial charge is 0.490 e. The lowest BCUT2D eigenvalue weighted by molar-refractivity contribution is -0.116. The fourth-order valence-corrected chi connectivity index (χ4v) is 2.23. The first-order valence-corrected chi connectivity index (χ1v) is 7.52. The summed E-state index contributed by atoms with van der Waals surface area (Å²) in [6, 6.07) is 6.76. The lowest BCUT2D eigenvalue weighted by Crippen LogP contribution is -2.31. The van der Waals surface area contributed by atoms with Gasteiger partial charge in [0.2, 0.25) is 5.91 Å². The van der Waals surface area contributed by atoms with Crippen LogP contribution in [-0.4, -0.2) is 30.3 Å². The molecule has 122 valence electrons. The Morgan fingerprint density at radius 1 is 1.22 bits per heavy atom. The number of hydrogen-bond donors (Lipinski definition) is 2. The average molecular weight is 317 g/mol. The number of aryl methyl sites for hydroxylation is 1. The summed E-state index contributed by atoms with van der Waals surface area (Å²) < 4.78 is 16.1. The predicted molar refractivity (Wildman–Crippen MR) is 85.0 cm³/mol. The van der Waals surface area contributed by atoms with Crippen LogP contribution in [0.5, 0.6) is 11.5 Å². The Kier molecular flexibility index (Phi) is 4.36. The Bertz CT molecular complexity index is 698. The van der Waals surface area contributed by atoms with Gasteiger partial charge in [-0.1, -0.05) is 5.16 Å². The summed E-state index contributed by atoms with van der Waals surface area (Å²) in [5, 5.41) is 9.57. The average Bonchev–Trinajstić information content (AvgIpc) is 2.80. The summed E-state index contributed by atoms with van der Waals surface area (Å²) >= 11 is 0. The van der Waals surface area contributed by atoms with Crippen LogP contribution < -0.4 is 20.1 Å². The molecule has 0 fully saturated rings. The molecule has 1 aliphatic heterocycles. The third-order valence-electron chi connectivity index (χ3n) is 3.40. The molecular formula is C16H19N3O4. The van der Waals surface area contributed by atoms with Crippen LogP contribution in [0.1, 0.15) is 19.1 Å². The molecule has 0 spiro atoms. The van der Waals surface area contributed by atoms with Crippen LogP contribution in [0.3, 0.4) is 0 Å². The number of nitrogens with zero attached hydrogens (tertiary/aromatic N) is 1. The molecule has 1 unspecified atom stereocenters. The molecule has 1 amide bonds. The molecule has 7 heteroatoms. The van der Waals surface area contributed by atoms with E-state index in [1.54, 1.807) is 19.9 Å². The molecule has 1 aromatic carbocycles. The Balaban J connectivity index is 1.64. The van der Waals surface area contributed by atoms with E-state index in [0.717, 1.165) is 17.9 Å². The van der Waals surface area contributed by atoms with Crippen LogP contribution in [0.2, 0.25) is 0 Å². The number of anilines is 2. The van der Waals surface area contributed by atoms with E-state index in [1.165, 1.54) is 0 Å². The second-order valence-electron chi connectivity index (χ2n) is 5.39. The minimum atomic E-state index is -0.447. The van der Waals surface area contributed by atoms with E-state index in [1.807, 2.05) is 18.2 Å². The van der Waals surface area contributed by atoms with Crippen LogP contribution >= 0.6 is 0 Å². The van der Waals surface area contributed by atoms with Crippen molar-refractivity contribution in [3.05, 3.63) is 30.0 Å². The van der Waals surface area contributed by atoms with E-state index in [2.05, 4.69) is 15.8 Å². The van der Waals surface area contributed by atoms with E-state index in [-0.39, 0.29) is 5.91 Å². The quantitative estimate of drug-likeness (QED) is 0.901. The van der Waals surface area contributed by atoms with Gasteiger partial charge < -0.3 is 24.6 Å². The summed E-state index contributed by atoms with van der Waals surface area (Å²) in [5.41, 5.74) is 0.785. The molecule has 2 N–H and O–H groups in total. The highest BCUT2D eigenvalue weighted by Crippen LogP contribution is 2.32. The fourth-order valence-electron chi connectivity index (χ4n) is 2.23. The van der Waals surface area contributed by atoms with Gasteiger partial charge in [-0.15, -0.1) is 0 Å². The van der Waals surface area contributed by atoms with Gasteiger partial charge in [-0.3, -0.25) is 4.79 Å². The number of benzene rings is 1. The Labute approximate surface area is 133 Å².